The molecule has 1 aliphatic rings. The van der Waals surface area contributed by atoms with E-state index in [1.165, 1.54) is 44.9 Å². The summed E-state index contributed by atoms with van der Waals surface area (Å²) in [5.74, 6) is 1.86. The minimum atomic E-state index is 0.550. The van der Waals surface area contributed by atoms with Crippen LogP contribution in [-0.2, 0) is 6.54 Å². The van der Waals surface area contributed by atoms with Crippen LogP contribution in [0.2, 0.25) is 0 Å². The zero-order valence-corrected chi connectivity index (χ0v) is 13.1. The van der Waals surface area contributed by atoms with Crippen LogP contribution in [0.4, 0.5) is 0 Å². The van der Waals surface area contributed by atoms with E-state index in [4.69, 9.17) is 4.52 Å². The lowest BCUT2D eigenvalue weighted by Crippen LogP contribution is -2.37. The van der Waals surface area contributed by atoms with Crippen LogP contribution in [0.1, 0.15) is 57.6 Å². The van der Waals surface area contributed by atoms with Crippen molar-refractivity contribution < 1.29 is 4.52 Å². The molecule has 0 bridgehead atoms. The molecular weight excluding hydrogens is 264 g/mol. The van der Waals surface area contributed by atoms with Crippen molar-refractivity contribution in [1.29, 1.82) is 0 Å². The Labute approximate surface area is 127 Å². The Balaban J connectivity index is 1.61. The lowest BCUT2D eigenvalue weighted by molar-refractivity contribution is 0.412. The third-order valence-corrected chi connectivity index (χ3v) is 4.04. The van der Waals surface area contributed by atoms with Crippen molar-refractivity contribution in [3.63, 3.8) is 0 Å². The van der Waals surface area contributed by atoms with Crippen molar-refractivity contribution in [2.75, 3.05) is 13.1 Å². The average molecular weight is 292 g/mol. The van der Waals surface area contributed by atoms with E-state index in [0.29, 0.717) is 6.54 Å². The molecule has 0 radical (unpaired) electrons. The van der Waals surface area contributed by atoms with Crippen molar-refractivity contribution in [3.8, 4) is 0 Å². The smallest absolute Gasteiger partial charge is 0.191 e. The molecule has 21 heavy (non-hydrogen) atoms. The standard InChI is InChI=1S/C16H28N4O/c1-2-17-16(19-13-15-10-12-21-20-15)18-11-6-5-9-14-7-3-4-8-14/h10,12,14H,2-9,11,13H2,1H3,(H2,17,18,19). The molecule has 0 amide bonds. The summed E-state index contributed by atoms with van der Waals surface area (Å²) in [6.07, 6.45) is 11.3. The van der Waals surface area contributed by atoms with Gasteiger partial charge in [-0.2, -0.15) is 0 Å². The van der Waals surface area contributed by atoms with E-state index in [1.807, 2.05) is 6.07 Å². The summed E-state index contributed by atoms with van der Waals surface area (Å²) >= 11 is 0. The molecule has 0 aliphatic heterocycles. The minimum absolute atomic E-state index is 0.550. The van der Waals surface area contributed by atoms with E-state index in [2.05, 4.69) is 27.7 Å². The summed E-state index contributed by atoms with van der Waals surface area (Å²) in [6.45, 7) is 4.48. The molecule has 5 heteroatoms. The highest BCUT2D eigenvalue weighted by atomic mass is 16.5. The lowest BCUT2D eigenvalue weighted by atomic mass is 10.0. The van der Waals surface area contributed by atoms with Crippen LogP contribution in [-0.4, -0.2) is 24.2 Å². The molecule has 2 N–H and O–H groups in total. The second-order valence-electron chi connectivity index (χ2n) is 5.76. The Morgan fingerprint density at radius 3 is 2.90 bits per heavy atom. The second-order valence-corrected chi connectivity index (χ2v) is 5.76. The Morgan fingerprint density at radius 1 is 1.33 bits per heavy atom. The minimum Gasteiger partial charge on any atom is -0.364 e. The summed E-state index contributed by atoms with van der Waals surface area (Å²) in [6, 6.07) is 1.84. The summed E-state index contributed by atoms with van der Waals surface area (Å²) in [5.41, 5.74) is 0.855. The molecule has 1 fully saturated rings. The molecule has 0 spiro atoms. The molecule has 1 heterocycles. The van der Waals surface area contributed by atoms with Crippen LogP contribution in [0.5, 0.6) is 0 Å². The van der Waals surface area contributed by atoms with Gasteiger partial charge in [-0.3, -0.25) is 0 Å². The second kappa shape index (κ2) is 9.42. The molecule has 118 valence electrons. The number of hydrogen-bond acceptors (Lipinski definition) is 3. The number of aliphatic imine (C=N–C) groups is 1. The number of aromatic nitrogens is 1. The molecule has 1 saturated carbocycles. The Morgan fingerprint density at radius 2 is 2.19 bits per heavy atom. The maximum atomic E-state index is 4.81. The number of nitrogens with zero attached hydrogens (tertiary/aromatic N) is 2. The third kappa shape index (κ3) is 6.19. The van der Waals surface area contributed by atoms with Crippen LogP contribution in [0.3, 0.4) is 0 Å². The molecule has 0 saturated heterocycles. The van der Waals surface area contributed by atoms with Gasteiger partial charge in [0.25, 0.3) is 0 Å². The van der Waals surface area contributed by atoms with E-state index in [1.54, 1.807) is 6.26 Å². The van der Waals surface area contributed by atoms with Gasteiger partial charge in [0.05, 0.1) is 6.54 Å². The van der Waals surface area contributed by atoms with Crippen molar-refractivity contribution >= 4 is 5.96 Å². The highest BCUT2D eigenvalue weighted by molar-refractivity contribution is 5.79. The van der Waals surface area contributed by atoms with Gasteiger partial charge in [0.1, 0.15) is 12.0 Å². The van der Waals surface area contributed by atoms with Gasteiger partial charge in [0.2, 0.25) is 0 Å². The number of rotatable bonds is 8. The molecule has 1 aromatic rings. The molecular formula is C16H28N4O. The summed E-state index contributed by atoms with van der Waals surface area (Å²) in [5, 5.41) is 10.5. The van der Waals surface area contributed by atoms with E-state index in [9.17, 15) is 0 Å². The molecule has 0 unspecified atom stereocenters. The molecule has 1 aromatic heterocycles. The van der Waals surface area contributed by atoms with Crippen LogP contribution in [0.15, 0.2) is 21.8 Å². The van der Waals surface area contributed by atoms with Crippen LogP contribution >= 0.6 is 0 Å². The van der Waals surface area contributed by atoms with Crippen LogP contribution in [0, 0.1) is 5.92 Å². The van der Waals surface area contributed by atoms with Gasteiger partial charge in [-0.05, 0) is 19.3 Å². The summed E-state index contributed by atoms with van der Waals surface area (Å²) in [7, 11) is 0. The Hall–Kier alpha value is -1.52. The maximum Gasteiger partial charge on any atom is 0.191 e. The normalized spacial score (nSPS) is 16.3. The SMILES string of the molecule is CCNC(=NCc1ccon1)NCCCCC1CCCC1. The van der Waals surface area contributed by atoms with Gasteiger partial charge in [-0.15, -0.1) is 0 Å². The first-order valence-electron chi connectivity index (χ1n) is 8.30. The first-order valence-corrected chi connectivity index (χ1v) is 8.30. The topological polar surface area (TPSA) is 62.5 Å². The fourth-order valence-electron chi connectivity index (χ4n) is 2.88. The Kier molecular flexibility index (Phi) is 7.12. The van der Waals surface area contributed by atoms with Crippen molar-refractivity contribution in [3.05, 3.63) is 18.0 Å². The van der Waals surface area contributed by atoms with Gasteiger partial charge >= 0.3 is 0 Å². The predicted octanol–water partition coefficient (Wildman–Crippen LogP) is 3.09. The number of nitrogens with one attached hydrogen (secondary N) is 2. The Bertz CT molecular complexity index is 396. The van der Waals surface area contributed by atoms with E-state index < -0.39 is 0 Å². The quantitative estimate of drug-likeness (QED) is 0.439. The molecule has 0 aromatic carbocycles. The van der Waals surface area contributed by atoms with Crippen LogP contribution in [0.25, 0.3) is 0 Å². The number of unbranched alkanes of at least 4 members (excludes halogenated alkanes) is 1. The van der Waals surface area contributed by atoms with Crippen molar-refractivity contribution in [2.24, 2.45) is 10.9 Å². The third-order valence-electron chi connectivity index (χ3n) is 4.04. The first-order chi connectivity index (χ1) is 10.4. The zero-order valence-electron chi connectivity index (χ0n) is 13.1. The van der Waals surface area contributed by atoms with E-state index in [-0.39, 0.29) is 0 Å². The van der Waals surface area contributed by atoms with Crippen molar-refractivity contribution in [2.45, 2.75) is 58.4 Å². The van der Waals surface area contributed by atoms with Gasteiger partial charge in [0, 0.05) is 19.2 Å². The molecule has 5 nitrogen and oxygen atoms in total. The van der Waals surface area contributed by atoms with E-state index >= 15 is 0 Å². The van der Waals surface area contributed by atoms with Gasteiger partial charge in [0.15, 0.2) is 5.96 Å². The molecule has 1 aliphatic carbocycles. The van der Waals surface area contributed by atoms with Crippen molar-refractivity contribution in [1.82, 2.24) is 15.8 Å². The highest BCUT2D eigenvalue weighted by Gasteiger charge is 2.13. The summed E-state index contributed by atoms with van der Waals surface area (Å²) in [4.78, 5) is 4.50. The molecule has 2 rings (SSSR count). The average Bonchev–Trinajstić information content (AvgIpc) is 3.17. The summed E-state index contributed by atoms with van der Waals surface area (Å²) < 4.78 is 4.81. The number of hydrogen-bond donors (Lipinski definition) is 2. The predicted molar refractivity (Wildman–Crippen MR) is 85.1 cm³/mol. The zero-order chi connectivity index (χ0) is 14.8. The largest absolute Gasteiger partial charge is 0.364 e. The number of guanidine groups is 1. The fourth-order valence-corrected chi connectivity index (χ4v) is 2.88. The van der Waals surface area contributed by atoms with E-state index in [0.717, 1.165) is 30.7 Å². The van der Waals surface area contributed by atoms with Gasteiger partial charge in [-0.25, -0.2) is 4.99 Å². The molecule has 0 atom stereocenters. The lowest BCUT2D eigenvalue weighted by Gasteiger charge is -2.12. The highest BCUT2D eigenvalue weighted by Crippen LogP contribution is 2.28. The van der Waals surface area contributed by atoms with Crippen LogP contribution < -0.4 is 10.6 Å². The fraction of sp³-hybridized carbons (Fsp3) is 0.750. The van der Waals surface area contributed by atoms with Gasteiger partial charge in [-0.1, -0.05) is 43.7 Å². The monoisotopic (exact) mass is 292 g/mol. The van der Waals surface area contributed by atoms with Gasteiger partial charge < -0.3 is 15.2 Å². The first kappa shape index (κ1) is 15.9. The maximum absolute atomic E-state index is 4.81.